The van der Waals surface area contributed by atoms with Gasteiger partial charge in [-0.1, -0.05) is 22.8 Å². The lowest BCUT2D eigenvalue weighted by Gasteiger charge is -2.19. The lowest BCUT2D eigenvalue weighted by atomic mass is 10.1. The van der Waals surface area contributed by atoms with E-state index in [0.717, 1.165) is 0 Å². The summed E-state index contributed by atoms with van der Waals surface area (Å²) < 4.78 is 0. The molecule has 1 unspecified atom stereocenters. The maximum absolute atomic E-state index is 12.2. The van der Waals surface area contributed by atoms with Gasteiger partial charge in [-0.25, -0.2) is 4.79 Å². The van der Waals surface area contributed by atoms with Crippen LogP contribution in [0, 0.1) is 0 Å². The number of fused-ring (bicyclic) bond motifs is 1. The molecule has 0 saturated heterocycles. The second-order valence-corrected chi connectivity index (χ2v) is 5.27. The predicted octanol–water partition coefficient (Wildman–Crippen LogP) is 1.21. The highest BCUT2D eigenvalue weighted by atomic mass is 16.7. The Bertz CT molecular complexity index is 659. The summed E-state index contributed by atoms with van der Waals surface area (Å²) in [5.41, 5.74) is 0.977. The zero-order valence-corrected chi connectivity index (χ0v) is 12.8. The summed E-state index contributed by atoms with van der Waals surface area (Å²) in [5, 5.41) is 2.83. The molecule has 3 amide bonds. The van der Waals surface area contributed by atoms with Gasteiger partial charge in [0, 0.05) is 6.92 Å². The van der Waals surface area contributed by atoms with Crippen molar-refractivity contribution >= 4 is 23.7 Å². The zero-order chi connectivity index (χ0) is 17.1. The number of hydrogen-bond donors (Lipinski definition) is 1. The molecule has 1 N–H and O–H groups in total. The molecule has 0 aliphatic carbocycles. The molecule has 1 heterocycles. The highest BCUT2D eigenvalue weighted by Gasteiger charge is 2.39. The minimum atomic E-state index is -1.02. The Morgan fingerprint density at radius 3 is 2.13 bits per heavy atom. The molecule has 1 aromatic carbocycles. The van der Waals surface area contributed by atoms with Gasteiger partial charge in [-0.3, -0.25) is 14.4 Å². The average Bonchev–Trinajstić information content (AvgIpc) is 2.71. The summed E-state index contributed by atoms with van der Waals surface area (Å²) in [6, 6.07) is 5.15. The van der Waals surface area contributed by atoms with Crippen LogP contribution in [-0.4, -0.2) is 34.8 Å². The van der Waals surface area contributed by atoms with Crippen LogP contribution in [0.2, 0.25) is 0 Å². The number of nitrogens with one attached hydrogen (secondary N) is 1. The van der Waals surface area contributed by atoms with Crippen LogP contribution < -0.4 is 5.32 Å². The maximum atomic E-state index is 12.2. The lowest BCUT2D eigenvalue weighted by Crippen LogP contribution is -2.44. The molecule has 0 radical (unpaired) electrons. The molecule has 0 spiro atoms. The molecule has 0 saturated carbocycles. The number of hydrogen-bond acceptors (Lipinski definition) is 5. The first-order chi connectivity index (χ1) is 10.8. The van der Waals surface area contributed by atoms with E-state index >= 15 is 0 Å². The van der Waals surface area contributed by atoms with Crippen molar-refractivity contribution in [2.45, 2.75) is 26.3 Å². The summed E-state index contributed by atoms with van der Waals surface area (Å²) in [6.45, 7) is 6.61. The fraction of sp³-hybridized carbons (Fsp3) is 0.250. The van der Waals surface area contributed by atoms with Gasteiger partial charge in [0.25, 0.3) is 11.8 Å². The molecule has 1 aliphatic rings. The van der Waals surface area contributed by atoms with Crippen LogP contribution in [-0.2, 0) is 14.4 Å². The van der Waals surface area contributed by atoms with Crippen molar-refractivity contribution in [2.75, 3.05) is 0 Å². The van der Waals surface area contributed by atoms with E-state index < -0.39 is 29.7 Å². The molecule has 0 aromatic heterocycles. The number of rotatable bonds is 5. The van der Waals surface area contributed by atoms with E-state index in [2.05, 4.69) is 11.9 Å². The van der Waals surface area contributed by atoms with Crippen molar-refractivity contribution in [2.24, 2.45) is 0 Å². The Hall–Kier alpha value is -2.96. The Labute approximate surface area is 132 Å². The highest BCUT2D eigenvalue weighted by molar-refractivity contribution is 6.20. The molecular weight excluding hydrogens is 300 g/mol. The number of carbonyl (C=O) groups is 4. The Morgan fingerprint density at radius 2 is 1.70 bits per heavy atom. The third-order valence-electron chi connectivity index (χ3n) is 3.15. The van der Waals surface area contributed by atoms with Gasteiger partial charge >= 0.3 is 5.97 Å². The third kappa shape index (κ3) is 3.45. The molecule has 1 aliphatic heterocycles. The average molecular weight is 316 g/mol. The van der Waals surface area contributed by atoms with Crippen molar-refractivity contribution in [1.82, 2.24) is 10.4 Å². The fourth-order valence-electron chi connectivity index (χ4n) is 2.19. The van der Waals surface area contributed by atoms with Gasteiger partial charge in [0.05, 0.1) is 11.1 Å². The maximum Gasteiger partial charge on any atom is 0.355 e. The van der Waals surface area contributed by atoms with Crippen molar-refractivity contribution in [3.05, 3.63) is 47.5 Å². The van der Waals surface area contributed by atoms with Gasteiger partial charge in [-0.15, -0.1) is 6.58 Å². The number of hydroxylamine groups is 2. The van der Waals surface area contributed by atoms with Gasteiger partial charge < -0.3 is 10.2 Å². The molecule has 7 heteroatoms. The van der Waals surface area contributed by atoms with Crippen LogP contribution in [0.15, 0.2) is 36.4 Å². The van der Waals surface area contributed by atoms with Crippen LogP contribution in [0.4, 0.5) is 0 Å². The molecular formula is C16H16N2O5. The molecule has 23 heavy (non-hydrogen) atoms. The van der Waals surface area contributed by atoms with Gasteiger partial charge in [0.2, 0.25) is 5.91 Å². The summed E-state index contributed by atoms with van der Waals surface area (Å²) in [6.07, 6.45) is 0.140. The molecule has 1 aromatic rings. The van der Waals surface area contributed by atoms with Crippen LogP contribution in [0.5, 0.6) is 0 Å². The number of nitrogens with zero attached hydrogens (tertiary/aromatic N) is 1. The van der Waals surface area contributed by atoms with Gasteiger partial charge in [0.15, 0.2) is 0 Å². The molecule has 120 valence electrons. The zero-order valence-electron chi connectivity index (χ0n) is 12.8. The number of benzene rings is 1. The summed E-state index contributed by atoms with van der Waals surface area (Å²) in [5.74, 6) is -2.76. The van der Waals surface area contributed by atoms with Crippen LogP contribution in [0.3, 0.4) is 0 Å². The smallest absolute Gasteiger partial charge is 0.343 e. The SMILES string of the molecule is C=C(C)CC(NC(C)=O)C(=O)ON1C(=O)c2ccccc2C1=O. The van der Waals surface area contributed by atoms with Crippen molar-refractivity contribution in [3.8, 4) is 0 Å². The largest absolute Gasteiger partial charge is 0.355 e. The summed E-state index contributed by atoms with van der Waals surface area (Å²) >= 11 is 0. The van der Waals surface area contributed by atoms with Crippen molar-refractivity contribution < 1.29 is 24.0 Å². The monoisotopic (exact) mass is 316 g/mol. The topological polar surface area (TPSA) is 92.8 Å². The molecule has 2 rings (SSSR count). The van der Waals surface area contributed by atoms with E-state index in [-0.39, 0.29) is 17.5 Å². The lowest BCUT2D eigenvalue weighted by molar-refractivity contribution is -0.171. The van der Waals surface area contributed by atoms with Gasteiger partial charge in [-0.05, 0) is 25.5 Å². The minimum absolute atomic E-state index is 0.140. The summed E-state index contributed by atoms with van der Waals surface area (Å²) in [7, 11) is 0. The number of carbonyl (C=O) groups excluding carboxylic acids is 4. The van der Waals surface area contributed by atoms with Gasteiger partial charge in [-0.2, -0.15) is 0 Å². The second kappa shape index (κ2) is 6.43. The normalized spacial score (nSPS) is 14.3. The summed E-state index contributed by atoms with van der Waals surface area (Å²) in [4.78, 5) is 52.6. The quantitative estimate of drug-likeness (QED) is 0.651. The van der Waals surface area contributed by atoms with Crippen LogP contribution >= 0.6 is 0 Å². The fourth-order valence-corrected chi connectivity index (χ4v) is 2.19. The Kier molecular flexibility index (Phi) is 4.59. The molecule has 0 bridgehead atoms. The van der Waals surface area contributed by atoms with Gasteiger partial charge in [0.1, 0.15) is 6.04 Å². The molecule has 0 fully saturated rings. The van der Waals surface area contributed by atoms with E-state index in [9.17, 15) is 19.2 Å². The van der Waals surface area contributed by atoms with E-state index in [0.29, 0.717) is 10.6 Å². The first-order valence-electron chi connectivity index (χ1n) is 6.92. The second-order valence-electron chi connectivity index (χ2n) is 5.27. The van der Waals surface area contributed by atoms with E-state index in [1.54, 1.807) is 19.1 Å². The van der Waals surface area contributed by atoms with E-state index in [1.165, 1.54) is 19.1 Å². The van der Waals surface area contributed by atoms with Crippen molar-refractivity contribution in [1.29, 1.82) is 0 Å². The number of amides is 3. The molecule has 7 nitrogen and oxygen atoms in total. The van der Waals surface area contributed by atoms with Crippen molar-refractivity contribution in [3.63, 3.8) is 0 Å². The number of imide groups is 1. The predicted molar refractivity (Wildman–Crippen MR) is 80.1 cm³/mol. The first kappa shape index (κ1) is 16.4. The van der Waals surface area contributed by atoms with E-state index in [4.69, 9.17) is 4.84 Å². The van der Waals surface area contributed by atoms with E-state index in [1.807, 2.05) is 0 Å². The van der Waals surface area contributed by atoms with Crippen LogP contribution in [0.1, 0.15) is 41.0 Å². The standard InChI is InChI=1S/C16H16N2O5/c1-9(2)8-13(17-10(3)19)16(22)23-18-14(20)11-6-4-5-7-12(11)15(18)21/h4-7,13H,1,8H2,2-3H3,(H,17,19). The minimum Gasteiger partial charge on any atom is -0.343 e. The Morgan fingerprint density at radius 1 is 1.17 bits per heavy atom. The van der Waals surface area contributed by atoms with Crippen LogP contribution in [0.25, 0.3) is 0 Å². The Balaban J connectivity index is 2.16. The molecule has 1 atom stereocenters. The third-order valence-corrected chi connectivity index (χ3v) is 3.15. The highest BCUT2D eigenvalue weighted by Crippen LogP contribution is 2.23. The first-order valence-corrected chi connectivity index (χ1v) is 6.92.